The molecule has 0 fully saturated rings. The molecule has 9 heteroatoms. The Bertz CT molecular complexity index is 725. The second-order valence-corrected chi connectivity index (χ2v) is 9.00. The lowest BCUT2D eigenvalue weighted by atomic mass is 10.3. The average molecular weight is 403 g/mol. The van der Waals surface area contributed by atoms with Crippen LogP contribution in [0.3, 0.4) is 0 Å². The molecule has 0 saturated heterocycles. The van der Waals surface area contributed by atoms with Crippen LogP contribution < -0.4 is 13.3 Å². The molecule has 0 saturated carbocycles. The zero-order valence-electron chi connectivity index (χ0n) is 14.1. The van der Waals surface area contributed by atoms with Crippen LogP contribution in [0.4, 0.5) is 0 Å². The van der Waals surface area contributed by atoms with E-state index in [1.807, 2.05) is 0 Å². The Morgan fingerprint density at radius 2 is 0.778 bits per heavy atom. The van der Waals surface area contributed by atoms with E-state index in [0.717, 1.165) is 0 Å². The number of benzene rings is 3. The minimum Gasteiger partial charge on any atom is -0.462 e. The van der Waals surface area contributed by atoms with Crippen molar-refractivity contribution in [2.24, 2.45) is 0 Å². The van der Waals surface area contributed by atoms with E-state index in [9.17, 15) is 14.4 Å². The van der Waals surface area contributed by atoms with E-state index in [1.54, 1.807) is 91.0 Å². The van der Waals surface area contributed by atoms with Gasteiger partial charge in [-0.3, -0.25) is 4.12 Å². The number of hydrogen-bond donors (Lipinski definition) is 3. The van der Waals surface area contributed by atoms with E-state index in [1.165, 1.54) is 0 Å². The van der Waals surface area contributed by atoms with Crippen LogP contribution in [0, 0.1) is 0 Å². The predicted molar refractivity (Wildman–Crippen MR) is 100 cm³/mol. The number of hydrogen-bond acceptors (Lipinski definition) is 7. The molecule has 0 bridgehead atoms. The van der Waals surface area contributed by atoms with Crippen molar-refractivity contribution in [2.45, 2.75) is 0 Å². The highest BCUT2D eigenvalue weighted by Crippen LogP contribution is 2.25. The van der Waals surface area contributed by atoms with Crippen molar-refractivity contribution < 1.29 is 31.8 Å². The lowest BCUT2D eigenvalue weighted by Gasteiger charge is -2.29. The number of rotatable bonds is 8. The van der Waals surface area contributed by atoms with Gasteiger partial charge in [0, 0.05) is 0 Å². The molecule has 0 heterocycles. The summed E-state index contributed by atoms with van der Waals surface area (Å²) in [5.74, 6) is 0.942. The Morgan fingerprint density at radius 3 is 1.04 bits per heavy atom. The molecule has 3 aromatic carbocycles. The Kier molecular flexibility index (Phi) is 5.91. The smallest absolute Gasteiger partial charge is 0.462 e. The third kappa shape index (κ3) is 5.93. The first kappa shape index (κ1) is 19.1. The molecule has 0 amide bonds. The van der Waals surface area contributed by atoms with E-state index < -0.39 is 18.1 Å². The summed E-state index contributed by atoms with van der Waals surface area (Å²) < 4.78 is 22.6. The second-order valence-electron chi connectivity index (χ2n) is 5.42. The number of para-hydroxylation sites is 3. The Hall–Kier alpha value is -2.67. The summed E-state index contributed by atoms with van der Waals surface area (Å²) in [7, 11) is -9.41. The zero-order chi connectivity index (χ0) is 19.2. The molecule has 0 atom stereocenters. The van der Waals surface area contributed by atoms with Crippen molar-refractivity contribution in [1.29, 1.82) is 0 Å². The van der Waals surface area contributed by atoms with Crippen LogP contribution in [0.15, 0.2) is 91.0 Å². The van der Waals surface area contributed by atoms with Crippen molar-refractivity contribution in [2.75, 3.05) is 0 Å². The Balaban J connectivity index is 2.01. The van der Waals surface area contributed by atoms with E-state index in [-0.39, 0.29) is 0 Å². The predicted octanol–water partition coefficient (Wildman–Crippen LogP) is 2.09. The van der Waals surface area contributed by atoms with E-state index in [4.69, 9.17) is 17.4 Å². The molecule has 3 rings (SSSR count). The molecule has 3 N–H and O–H groups in total. The van der Waals surface area contributed by atoms with Gasteiger partial charge < -0.3 is 27.7 Å². The third-order valence-corrected chi connectivity index (χ3v) is 6.77. The molecule has 7 nitrogen and oxygen atoms in total. The second kappa shape index (κ2) is 8.35. The minimum atomic E-state index is -5.07. The molecule has 0 aromatic heterocycles. The van der Waals surface area contributed by atoms with Gasteiger partial charge in [0.15, 0.2) is 0 Å². The van der Waals surface area contributed by atoms with Crippen molar-refractivity contribution in [3.05, 3.63) is 91.0 Å². The molecule has 0 unspecified atom stereocenters. The van der Waals surface area contributed by atoms with Gasteiger partial charge in [-0.15, -0.1) is 0 Å². The van der Waals surface area contributed by atoms with Crippen LogP contribution in [0.5, 0.6) is 17.2 Å². The SMILES string of the molecule is O[Si](O)(O)O[Si](Oc1ccccc1)(Oc1ccccc1)Oc1ccccc1. The topological polar surface area (TPSA) is 97.6 Å². The summed E-state index contributed by atoms with van der Waals surface area (Å²) in [6.07, 6.45) is 0. The van der Waals surface area contributed by atoms with Crippen LogP contribution in [-0.2, 0) is 4.12 Å². The fourth-order valence-electron chi connectivity index (χ4n) is 2.19. The summed E-state index contributed by atoms with van der Waals surface area (Å²) >= 11 is 0. The summed E-state index contributed by atoms with van der Waals surface area (Å²) in [5.41, 5.74) is 0. The molecule has 0 spiro atoms. The van der Waals surface area contributed by atoms with Gasteiger partial charge in [0.05, 0.1) is 0 Å². The summed E-state index contributed by atoms with van der Waals surface area (Å²) in [6, 6.07) is 25.5. The van der Waals surface area contributed by atoms with Crippen molar-refractivity contribution in [3.8, 4) is 17.2 Å². The average Bonchev–Trinajstić information content (AvgIpc) is 2.62. The maximum absolute atomic E-state index is 9.61. The molecule has 0 radical (unpaired) electrons. The first-order valence-electron chi connectivity index (χ1n) is 8.04. The molecule has 0 aliphatic carbocycles. The van der Waals surface area contributed by atoms with Crippen molar-refractivity contribution in [1.82, 2.24) is 0 Å². The highest BCUT2D eigenvalue weighted by Gasteiger charge is 2.62. The Labute approximate surface area is 158 Å². The monoisotopic (exact) mass is 402 g/mol. The van der Waals surface area contributed by atoms with Gasteiger partial charge in [0.2, 0.25) is 0 Å². The molecule has 0 aliphatic heterocycles. The van der Waals surface area contributed by atoms with Gasteiger partial charge in [-0.25, -0.2) is 0 Å². The fourth-order valence-corrected chi connectivity index (χ4v) is 5.43. The lowest BCUT2D eigenvalue weighted by Crippen LogP contribution is -2.64. The van der Waals surface area contributed by atoms with Gasteiger partial charge in [0.1, 0.15) is 17.2 Å². The van der Waals surface area contributed by atoms with E-state index >= 15 is 0 Å². The molecule has 140 valence electrons. The highest BCUT2D eigenvalue weighted by atomic mass is 28.5. The van der Waals surface area contributed by atoms with Gasteiger partial charge >= 0.3 is 18.1 Å². The van der Waals surface area contributed by atoms with Crippen LogP contribution >= 0.6 is 0 Å². The summed E-state index contributed by atoms with van der Waals surface area (Å²) in [4.78, 5) is 28.8. The first-order chi connectivity index (χ1) is 12.9. The van der Waals surface area contributed by atoms with Gasteiger partial charge in [-0.05, 0) is 36.4 Å². The van der Waals surface area contributed by atoms with E-state index in [2.05, 4.69) is 0 Å². The fraction of sp³-hybridized carbons (Fsp3) is 0. The van der Waals surface area contributed by atoms with Gasteiger partial charge in [-0.2, -0.15) is 0 Å². The molecular formula is C18H18O7Si2. The normalized spacial score (nSPS) is 11.7. The van der Waals surface area contributed by atoms with Crippen LogP contribution in [0.2, 0.25) is 0 Å². The highest BCUT2D eigenvalue weighted by molar-refractivity contribution is 6.67. The van der Waals surface area contributed by atoms with Gasteiger partial charge in [0.25, 0.3) is 0 Å². The van der Waals surface area contributed by atoms with E-state index in [0.29, 0.717) is 17.2 Å². The summed E-state index contributed by atoms with van der Waals surface area (Å²) in [6.45, 7) is 0. The Morgan fingerprint density at radius 1 is 0.481 bits per heavy atom. The lowest BCUT2D eigenvalue weighted by molar-refractivity contribution is 0.0571. The standard InChI is InChI=1S/C18H18O7Si2/c19-26(20,21)25-27(22-16-10-4-1-5-11-16,23-17-12-6-2-7-13-17)24-18-14-8-3-9-15-18/h1-15,19-21H. The maximum Gasteiger partial charge on any atom is 0.887 e. The molecule has 3 aromatic rings. The quantitative estimate of drug-likeness (QED) is 0.496. The van der Waals surface area contributed by atoms with Crippen LogP contribution in [0.1, 0.15) is 0 Å². The molecule has 0 aliphatic rings. The van der Waals surface area contributed by atoms with Crippen molar-refractivity contribution >= 4 is 18.1 Å². The first-order valence-corrected chi connectivity index (χ1v) is 11.4. The van der Waals surface area contributed by atoms with Crippen molar-refractivity contribution in [3.63, 3.8) is 0 Å². The van der Waals surface area contributed by atoms with Crippen LogP contribution in [-0.4, -0.2) is 32.5 Å². The van der Waals surface area contributed by atoms with Gasteiger partial charge in [-0.1, -0.05) is 54.6 Å². The van der Waals surface area contributed by atoms with Crippen LogP contribution in [0.25, 0.3) is 0 Å². The third-order valence-electron chi connectivity index (χ3n) is 3.22. The molecule has 27 heavy (non-hydrogen) atoms. The zero-order valence-corrected chi connectivity index (χ0v) is 16.1. The largest absolute Gasteiger partial charge is 0.887 e. The summed E-state index contributed by atoms with van der Waals surface area (Å²) in [5, 5.41) is 0. The minimum absolute atomic E-state index is 0.314. The maximum atomic E-state index is 9.61. The molecular weight excluding hydrogens is 384 g/mol.